The van der Waals surface area contributed by atoms with Gasteiger partial charge in [0.15, 0.2) is 11.9 Å². The van der Waals surface area contributed by atoms with Crippen molar-refractivity contribution >= 4 is 34.3 Å². The molecule has 0 fully saturated rings. The summed E-state index contributed by atoms with van der Waals surface area (Å²) in [5.41, 5.74) is 3.43. The zero-order chi connectivity index (χ0) is 21.1. The Balaban J connectivity index is 1.77. The van der Waals surface area contributed by atoms with E-state index in [1.807, 2.05) is 31.2 Å². The molecule has 1 heterocycles. The third-order valence-electron chi connectivity index (χ3n) is 4.73. The Hall–Kier alpha value is -3.54. The molecule has 0 spiro atoms. The second-order valence-corrected chi connectivity index (χ2v) is 6.89. The highest BCUT2D eigenvalue weighted by molar-refractivity contribution is 6.01. The van der Waals surface area contributed by atoms with Gasteiger partial charge in [-0.1, -0.05) is 30.3 Å². The normalized spacial score (nSPS) is 11.7. The Morgan fingerprint density at radius 2 is 1.76 bits per heavy atom. The van der Waals surface area contributed by atoms with Crippen LogP contribution in [0.15, 0.2) is 48.5 Å². The van der Waals surface area contributed by atoms with Gasteiger partial charge in [0.2, 0.25) is 0 Å². The van der Waals surface area contributed by atoms with Crippen LogP contribution >= 0.6 is 0 Å². The minimum Gasteiger partial charge on any atom is -0.449 e. The molecule has 0 aliphatic rings. The molecule has 6 heteroatoms. The van der Waals surface area contributed by atoms with E-state index >= 15 is 0 Å². The number of nitrogens with zero attached hydrogens (tertiary/aromatic N) is 1. The van der Waals surface area contributed by atoms with Gasteiger partial charge in [-0.3, -0.25) is 14.6 Å². The Morgan fingerprint density at radius 3 is 2.48 bits per heavy atom. The van der Waals surface area contributed by atoms with Gasteiger partial charge >= 0.3 is 5.97 Å². The van der Waals surface area contributed by atoms with E-state index in [-0.39, 0.29) is 5.78 Å². The van der Waals surface area contributed by atoms with Crippen LogP contribution in [0.25, 0.3) is 10.9 Å². The standard InChI is InChI=1S/C23H22N2O4/c1-13-19-10-5-6-11-20(19)24-14(2)21(13)23(28)29-16(4)22(27)25-18-9-7-8-17(12-18)15(3)26/h5-12,16H,1-4H3,(H,25,27)/t16-/m0/s1. The molecule has 29 heavy (non-hydrogen) atoms. The summed E-state index contributed by atoms with van der Waals surface area (Å²) in [4.78, 5) is 41.2. The molecule has 0 bridgehead atoms. The lowest BCUT2D eigenvalue weighted by Crippen LogP contribution is -2.30. The van der Waals surface area contributed by atoms with E-state index in [1.54, 1.807) is 31.2 Å². The predicted molar refractivity (Wildman–Crippen MR) is 111 cm³/mol. The van der Waals surface area contributed by atoms with Gasteiger partial charge in [0.05, 0.1) is 16.8 Å². The molecule has 0 unspecified atom stereocenters. The minimum absolute atomic E-state index is 0.102. The fraction of sp³-hybridized carbons (Fsp3) is 0.217. The molecule has 6 nitrogen and oxygen atoms in total. The Bertz CT molecular complexity index is 1120. The lowest BCUT2D eigenvalue weighted by molar-refractivity contribution is -0.123. The number of pyridine rings is 1. The number of aryl methyl sites for hydroxylation is 2. The van der Waals surface area contributed by atoms with E-state index < -0.39 is 18.0 Å². The smallest absolute Gasteiger partial charge is 0.341 e. The number of aromatic nitrogens is 1. The SMILES string of the molecule is CC(=O)c1cccc(NC(=O)[C@H](C)OC(=O)c2c(C)nc3ccccc3c2C)c1. The van der Waals surface area contributed by atoms with Gasteiger partial charge in [0.1, 0.15) is 0 Å². The number of ketones is 1. The number of amides is 1. The number of esters is 1. The van der Waals surface area contributed by atoms with Gasteiger partial charge in [-0.05, 0) is 51.5 Å². The number of para-hydroxylation sites is 1. The fourth-order valence-corrected chi connectivity index (χ4v) is 3.16. The van der Waals surface area contributed by atoms with Crippen molar-refractivity contribution in [3.8, 4) is 0 Å². The highest BCUT2D eigenvalue weighted by Crippen LogP contribution is 2.23. The largest absolute Gasteiger partial charge is 0.449 e. The zero-order valence-electron chi connectivity index (χ0n) is 16.8. The average Bonchev–Trinajstić information content (AvgIpc) is 2.68. The topological polar surface area (TPSA) is 85.4 Å². The molecule has 0 saturated carbocycles. The highest BCUT2D eigenvalue weighted by atomic mass is 16.5. The summed E-state index contributed by atoms with van der Waals surface area (Å²) in [6, 6.07) is 14.1. The van der Waals surface area contributed by atoms with Crippen LogP contribution < -0.4 is 5.32 Å². The van der Waals surface area contributed by atoms with Gasteiger partial charge < -0.3 is 10.1 Å². The van der Waals surface area contributed by atoms with Crippen LogP contribution in [-0.2, 0) is 9.53 Å². The van der Waals surface area contributed by atoms with E-state index in [4.69, 9.17) is 4.74 Å². The maximum absolute atomic E-state index is 12.8. The Morgan fingerprint density at radius 1 is 1.03 bits per heavy atom. The third-order valence-corrected chi connectivity index (χ3v) is 4.73. The first-order chi connectivity index (χ1) is 13.8. The molecular formula is C23H22N2O4. The maximum Gasteiger partial charge on any atom is 0.341 e. The summed E-state index contributed by atoms with van der Waals surface area (Å²) >= 11 is 0. The molecule has 0 saturated heterocycles. The van der Waals surface area contributed by atoms with Crippen LogP contribution in [0.1, 0.15) is 45.8 Å². The number of carbonyl (C=O) groups is 3. The molecule has 1 amide bonds. The highest BCUT2D eigenvalue weighted by Gasteiger charge is 2.23. The molecule has 1 aromatic heterocycles. The van der Waals surface area contributed by atoms with Crippen molar-refractivity contribution in [1.29, 1.82) is 0 Å². The zero-order valence-corrected chi connectivity index (χ0v) is 16.8. The number of fused-ring (bicyclic) bond motifs is 1. The molecule has 148 valence electrons. The number of hydrogen-bond acceptors (Lipinski definition) is 5. The number of anilines is 1. The molecule has 2 aromatic carbocycles. The first-order valence-electron chi connectivity index (χ1n) is 9.26. The second-order valence-electron chi connectivity index (χ2n) is 6.89. The Labute approximate surface area is 168 Å². The number of hydrogen-bond donors (Lipinski definition) is 1. The molecule has 0 aliphatic carbocycles. The average molecular weight is 390 g/mol. The molecule has 0 radical (unpaired) electrons. The summed E-state index contributed by atoms with van der Waals surface area (Å²) in [7, 11) is 0. The van der Waals surface area contributed by atoms with Crippen molar-refractivity contribution in [3.63, 3.8) is 0 Å². The van der Waals surface area contributed by atoms with Gasteiger partial charge in [0.25, 0.3) is 5.91 Å². The van der Waals surface area contributed by atoms with E-state index in [0.717, 1.165) is 16.5 Å². The lowest BCUT2D eigenvalue weighted by atomic mass is 10.0. The van der Waals surface area contributed by atoms with Crippen molar-refractivity contribution in [2.24, 2.45) is 0 Å². The van der Waals surface area contributed by atoms with Crippen molar-refractivity contribution in [3.05, 3.63) is 70.9 Å². The van der Waals surface area contributed by atoms with Gasteiger partial charge in [0, 0.05) is 16.6 Å². The van der Waals surface area contributed by atoms with E-state index in [1.165, 1.54) is 13.8 Å². The second kappa shape index (κ2) is 8.22. The van der Waals surface area contributed by atoms with Crippen molar-refractivity contribution in [2.45, 2.75) is 33.8 Å². The summed E-state index contributed by atoms with van der Waals surface area (Å²) in [5, 5.41) is 3.53. The molecule has 1 N–H and O–H groups in total. The Kier molecular flexibility index (Phi) is 5.73. The number of Topliss-reactive ketones (excluding diaryl/α,β-unsaturated/α-hetero) is 1. The van der Waals surface area contributed by atoms with Gasteiger partial charge in [-0.25, -0.2) is 4.79 Å². The molecule has 3 aromatic rings. The summed E-state index contributed by atoms with van der Waals surface area (Å²) in [6.45, 7) is 6.54. The van der Waals surface area contributed by atoms with Crippen LogP contribution in [0, 0.1) is 13.8 Å². The first kappa shape index (κ1) is 20.2. The number of benzene rings is 2. The van der Waals surface area contributed by atoms with Crippen LogP contribution in [0.3, 0.4) is 0 Å². The minimum atomic E-state index is -1.02. The monoisotopic (exact) mass is 390 g/mol. The fourth-order valence-electron chi connectivity index (χ4n) is 3.16. The number of nitrogens with one attached hydrogen (secondary N) is 1. The number of carbonyl (C=O) groups excluding carboxylic acids is 3. The quantitative estimate of drug-likeness (QED) is 0.520. The van der Waals surface area contributed by atoms with Gasteiger partial charge in [-0.15, -0.1) is 0 Å². The van der Waals surface area contributed by atoms with Crippen molar-refractivity contribution in [2.75, 3.05) is 5.32 Å². The van der Waals surface area contributed by atoms with E-state index in [2.05, 4.69) is 10.3 Å². The van der Waals surface area contributed by atoms with Crippen LogP contribution in [0.4, 0.5) is 5.69 Å². The molecular weight excluding hydrogens is 368 g/mol. The third kappa shape index (κ3) is 4.32. The van der Waals surface area contributed by atoms with Crippen LogP contribution in [0.5, 0.6) is 0 Å². The summed E-state index contributed by atoms with van der Waals surface area (Å²) < 4.78 is 5.40. The maximum atomic E-state index is 12.8. The van der Waals surface area contributed by atoms with Crippen molar-refractivity contribution < 1.29 is 19.1 Å². The van der Waals surface area contributed by atoms with Crippen LogP contribution in [-0.4, -0.2) is 28.7 Å². The number of ether oxygens (including phenoxy) is 1. The molecule has 0 aliphatic heterocycles. The predicted octanol–water partition coefficient (Wildman–Crippen LogP) is 4.24. The summed E-state index contributed by atoms with van der Waals surface area (Å²) in [6.07, 6.45) is -1.02. The lowest BCUT2D eigenvalue weighted by Gasteiger charge is -2.16. The first-order valence-corrected chi connectivity index (χ1v) is 9.26. The van der Waals surface area contributed by atoms with E-state index in [9.17, 15) is 14.4 Å². The summed E-state index contributed by atoms with van der Waals surface area (Å²) in [5.74, 6) is -1.18. The van der Waals surface area contributed by atoms with Crippen LogP contribution in [0.2, 0.25) is 0 Å². The molecule has 3 rings (SSSR count). The van der Waals surface area contributed by atoms with E-state index in [0.29, 0.717) is 22.5 Å². The van der Waals surface area contributed by atoms with Crippen molar-refractivity contribution in [1.82, 2.24) is 4.98 Å². The molecule has 1 atom stereocenters. The number of rotatable bonds is 5. The van der Waals surface area contributed by atoms with Gasteiger partial charge in [-0.2, -0.15) is 0 Å².